The Morgan fingerprint density at radius 1 is 1.04 bits per heavy atom. The van der Waals surface area contributed by atoms with Crippen LogP contribution in [0.1, 0.15) is 24.2 Å². The van der Waals surface area contributed by atoms with E-state index in [4.69, 9.17) is 0 Å². The molecule has 3 amide bonds. The molecule has 2 rings (SSSR count). The highest BCUT2D eigenvalue weighted by molar-refractivity contribution is 8.00. The smallest absolute Gasteiger partial charge is 0.255 e. The van der Waals surface area contributed by atoms with E-state index in [0.717, 1.165) is 4.90 Å². The first-order valence-electron chi connectivity index (χ1n) is 8.81. The number of nitrogens with zero attached hydrogens (tertiary/aromatic N) is 3. The average Bonchev–Trinajstić information content (AvgIpc) is 2.65. The van der Waals surface area contributed by atoms with Crippen LogP contribution in [0.25, 0.3) is 0 Å². The highest BCUT2D eigenvalue weighted by Crippen LogP contribution is 2.24. The maximum atomic E-state index is 12.9. The Labute approximate surface area is 159 Å². The zero-order valence-electron chi connectivity index (χ0n) is 15.9. The van der Waals surface area contributed by atoms with Gasteiger partial charge in [0.1, 0.15) is 0 Å². The summed E-state index contributed by atoms with van der Waals surface area (Å²) in [5.41, 5.74) is 0.618. The molecule has 6 nitrogen and oxygen atoms in total. The molecule has 1 aliphatic rings. The maximum absolute atomic E-state index is 12.9. The molecule has 1 heterocycles. The number of rotatable bonds is 5. The van der Waals surface area contributed by atoms with Crippen molar-refractivity contribution in [3.05, 3.63) is 29.8 Å². The standard InChI is InChI=1S/C19H27N3O3S/c1-14(2)18(24)21-9-11-22(12-10-21)19(25)15-7-5-6-8-16(15)26-13-17(23)20(3)4/h5-8,14H,9-13H2,1-4H3. The Hall–Kier alpha value is -2.02. The van der Waals surface area contributed by atoms with Crippen LogP contribution in [-0.4, -0.2) is 78.4 Å². The zero-order valence-corrected chi connectivity index (χ0v) is 16.7. The van der Waals surface area contributed by atoms with Crippen molar-refractivity contribution >= 4 is 29.5 Å². The molecule has 1 aromatic carbocycles. The second kappa shape index (κ2) is 9.07. The van der Waals surface area contributed by atoms with E-state index in [9.17, 15) is 14.4 Å². The summed E-state index contributed by atoms with van der Waals surface area (Å²) in [4.78, 5) is 42.8. The highest BCUT2D eigenvalue weighted by atomic mass is 32.2. The first-order valence-corrected chi connectivity index (χ1v) is 9.80. The molecule has 7 heteroatoms. The second-order valence-corrected chi connectivity index (χ2v) is 7.86. The van der Waals surface area contributed by atoms with E-state index in [1.165, 1.54) is 11.8 Å². The molecule has 0 spiro atoms. The minimum atomic E-state index is -0.0398. The fourth-order valence-corrected chi connectivity index (χ4v) is 3.73. The number of carbonyl (C=O) groups excluding carboxylic acids is 3. The molecule has 0 atom stereocenters. The van der Waals surface area contributed by atoms with Gasteiger partial charge in [-0.2, -0.15) is 0 Å². The summed E-state index contributed by atoms with van der Waals surface area (Å²) in [6.45, 7) is 5.99. The molecule has 1 aliphatic heterocycles. The third-order valence-corrected chi connectivity index (χ3v) is 5.40. The van der Waals surface area contributed by atoms with Crippen molar-refractivity contribution in [2.24, 2.45) is 5.92 Å². The molecule has 1 aromatic rings. The molecule has 0 saturated carbocycles. The van der Waals surface area contributed by atoms with Gasteiger partial charge in [0.2, 0.25) is 11.8 Å². The molecular formula is C19H27N3O3S. The Morgan fingerprint density at radius 3 is 2.19 bits per heavy atom. The lowest BCUT2D eigenvalue weighted by Gasteiger charge is -2.35. The predicted molar refractivity (Wildman–Crippen MR) is 103 cm³/mol. The summed E-state index contributed by atoms with van der Waals surface area (Å²) in [7, 11) is 3.44. The molecule has 0 N–H and O–H groups in total. The molecule has 0 radical (unpaired) electrons. The number of amides is 3. The minimum absolute atomic E-state index is 0.0121. The Kier molecular flexibility index (Phi) is 7.08. The van der Waals surface area contributed by atoms with E-state index < -0.39 is 0 Å². The number of piperazine rings is 1. The highest BCUT2D eigenvalue weighted by Gasteiger charge is 2.27. The summed E-state index contributed by atoms with van der Waals surface area (Å²) in [6, 6.07) is 7.39. The normalized spacial score (nSPS) is 14.5. The van der Waals surface area contributed by atoms with Crippen LogP contribution >= 0.6 is 11.8 Å². The van der Waals surface area contributed by atoms with Crippen molar-refractivity contribution in [3.63, 3.8) is 0 Å². The summed E-state index contributed by atoms with van der Waals surface area (Å²) in [5.74, 6) is 0.382. The van der Waals surface area contributed by atoms with Gasteiger partial charge in [-0.3, -0.25) is 14.4 Å². The van der Waals surface area contributed by atoms with E-state index in [1.54, 1.807) is 30.0 Å². The quantitative estimate of drug-likeness (QED) is 0.734. The molecule has 1 saturated heterocycles. The lowest BCUT2D eigenvalue weighted by Crippen LogP contribution is -2.51. The summed E-state index contributed by atoms with van der Waals surface area (Å²) >= 11 is 1.38. The first-order chi connectivity index (χ1) is 12.3. The largest absolute Gasteiger partial charge is 0.348 e. The Bertz CT molecular complexity index is 668. The van der Waals surface area contributed by atoms with Crippen LogP contribution in [0.3, 0.4) is 0 Å². The second-order valence-electron chi connectivity index (χ2n) is 6.85. The van der Waals surface area contributed by atoms with Crippen molar-refractivity contribution < 1.29 is 14.4 Å². The van der Waals surface area contributed by atoms with Gasteiger partial charge in [0.05, 0.1) is 11.3 Å². The molecule has 142 valence electrons. The summed E-state index contributed by atoms with van der Waals surface area (Å²) in [6.07, 6.45) is 0. The lowest BCUT2D eigenvalue weighted by molar-refractivity contribution is -0.135. The van der Waals surface area contributed by atoms with Crippen LogP contribution in [0.5, 0.6) is 0 Å². The SMILES string of the molecule is CC(C)C(=O)N1CCN(C(=O)c2ccccc2SCC(=O)N(C)C)CC1. The van der Waals surface area contributed by atoms with Crippen molar-refractivity contribution in [3.8, 4) is 0 Å². The van der Waals surface area contributed by atoms with E-state index in [2.05, 4.69) is 0 Å². The Morgan fingerprint density at radius 2 is 1.62 bits per heavy atom. The van der Waals surface area contributed by atoms with Crippen LogP contribution in [0.2, 0.25) is 0 Å². The van der Waals surface area contributed by atoms with Gasteiger partial charge in [-0.1, -0.05) is 26.0 Å². The fourth-order valence-electron chi connectivity index (χ4n) is 2.70. The van der Waals surface area contributed by atoms with Gasteiger partial charge >= 0.3 is 0 Å². The minimum Gasteiger partial charge on any atom is -0.348 e. The molecule has 0 aliphatic carbocycles. The third-order valence-electron chi connectivity index (χ3n) is 4.34. The van der Waals surface area contributed by atoms with Crippen LogP contribution < -0.4 is 0 Å². The van der Waals surface area contributed by atoms with Gasteiger partial charge in [0.25, 0.3) is 5.91 Å². The third kappa shape index (κ3) is 5.00. The molecular weight excluding hydrogens is 350 g/mol. The van der Waals surface area contributed by atoms with Gasteiger partial charge in [-0.05, 0) is 12.1 Å². The molecule has 0 aromatic heterocycles. The summed E-state index contributed by atoms with van der Waals surface area (Å²) in [5, 5.41) is 0. The van der Waals surface area contributed by atoms with Crippen molar-refractivity contribution in [2.45, 2.75) is 18.7 Å². The van der Waals surface area contributed by atoms with E-state index >= 15 is 0 Å². The van der Waals surface area contributed by atoms with Crippen LogP contribution in [0, 0.1) is 5.92 Å². The fraction of sp³-hybridized carbons (Fsp3) is 0.526. The van der Waals surface area contributed by atoms with Crippen molar-refractivity contribution in [1.82, 2.24) is 14.7 Å². The van der Waals surface area contributed by atoms with Gasteiger partial charge in [-0.25, -0.2) is 0 Å². The number of carbonyl (C=O) groups is 3. The van der Waals surface area contributed by atoms with E-state index in [-0.39, 0.29) is 23.6 Å². The van der Waals surface area contributed by atoms with Gasteiger partial charge in [0.15, 0.2) is 0 Å². The van der Waals surface area contributed by atoms with Crippen molar-refractivity contribution in [2.75, 3.05) is 46.0 Å². The average molecular weight is 378 g/mol. The monoisotopic (exact) mass is 377 g/mol. The van der Waals surface area contributed by atoms with E-state index in [0.29, 0.717) is 37.5 Å². The number of thioether (sulfide) groups is 1. The first kappa shape index (κ1) is 20.3. The van der Waals surface area contributed by atoms with Crippen LogP contribution in [0.15, 0.2) is 29.2 Å². The van der Waals surface area contributed by atoms with Crippen LogP contribution in [-0.2, 0) is 9.59 Å². The number of benzene rings is 1. The molecule has 1 fully saturated rings. The Balaban J connectivity index is 2.02. The lowest BCUT2D eigenvalue weighted by atomic mass is 10.1. The number of hydrogen-bond acceptors (Lipinski definition) is 4. The number of hydrogen-bond donors (Lipinski definition) is 0. The van der Waals surface area contributed by atoms with Gasteiger partial charge in [0, 0.05) is 51.1 Å². The topological polar surface area (TPSA) is 60.9 Å². The van der Waals surface area contributed by atoms with Crippen LogP contribution in [0.4, 0.5) is 0 Å². The zero-order chi connectivity index (χ0) is 19.3. The van der Waals surface area contributed by atoms with Gasteiger partial charge in [-0.15, -0.1) is 11.8 Å². The maximum Gasteiger partial charge on any atom is 0.255 e. The van der Waals surface area contributed by atoms with Crippen molar-refractivity contribution in [1.29, 1.82) is 0 Å². The van der Waals surface area contributed by atoms with E-state index in [1.807, 2.05) is 36.9 Å². The molecule has 26 heavy (non-hydrogen) atoms. The molecule has 0 bridgehead atoms. The predicted octanol–water partition coefficient (Wildman–Crippen LogP) is 1.81. The summed E-state index contributed by atoms with van der Waals surface area (Å²) < 4.78 is 0. The molecule has 0 unspecified atom stereocenters. The van der Waals surface area contributed by atoms with Gasteiger partial charge < -0.3 is 14.7 Å².